The highest BCUT2D eigenvalue weighted by molar-refractivity contribution is 4.91. The van der Waals surface area contributed by atoms with E-state index in [4.69, 9.17) is 0 Å². The fourth-order valence-corrected chi connectivity index (χ4v) is 0.949. The van der Waals surface area contributed by atoms with Crippen molar-refractivity contribution in [2.24, 2.45) is 5.41 Å². The van der Waals surface area contributed by atoms with Crippen LogP contribution in [0.3, 0.4) is 0 Å². The van der Waals surface area contributed by atoms with Gasteiger partial charge in [-0.2, -0.15) is 0 Å². The van der Waals surface area contributed by atoms with Crippen LogP contribution in [0.25, 0.3) is 0 Å². The van der Waals surface area contributed by atoms with Crippen LogP contribution in [-0.2, 0) is 0 Å². The Bertz CT molecular complexity index is 104. The molecule has 0 atom stereocenters. The summed E-state index contributed by atoms with van der Waals surface area (Å²) in [6.07, 6.45) is 9.92. The van der Waals surface area contributed by atoms with Crippen molar-refractivity contribution in [2.75, 3.05) is 0 Å². The molecule has 0 unspecified atom stereocenters. The van der Waals surface area contributed by atoms with E-state index in [1.807, 2.05) is 0 Å². The Morgan fingerprint density at radius 2 is 1.73 bits per heavy atom. The first-order valence-corrected chi connectivity index (χ1v) is 4.74. The summed E-state index contributed by atoms with van der Waals surface area (Å²) in [5, 5.41) is 0. The Morgan fingerprint density at radius 3 is 2.18 bits per heavy atom. The Labute approximate surface area is 71.7 Å². The molecule has 0 amide bonds. The first kappa shape index (κ1) is 10.7. The molecule has 0 heterocycles. The maximum atomic E-state index is 2.32. The molecule has 0 aromatic heterocycles. The van der Waals surface area contributed by atoms with Crippen molar-refractivity contribution < 1.29 is 0 Å². The summed E-state index contributed by atoms with van der Waals surface area (Å²) in [7, 11) is 0. The van der Waals surface area contributed by atoms with Crippen LogP contribution in [-0.4, -0.2) is 0 Å². The van der Waals surface area contributed by atoms with Gasteiger partial charge in [0.25, 0.3) is 0 Å². The van der Waals surface area contributed by atoms with Crippen molar-refractivity contribution in [2.45, 2.75) is 53.4 Å². The third-order valence-electron chi connectivity index (χ3n) is 1.59. The summed E-state index contributed by atoms with van der Waals surface area (Å²) >= 11 is 0. The van der Waals surface area contributed by atoms with Crippen LogP contribution in [0.5, 0.6) is 0 Å². The zero-order chi connectivity index (χ0) is 8.74. The summed E-state index contributed by atoms with van der Waals surface area (Å²) in [5.74, 6) is 0. The van der Waals surface area contributed by atoms with Crippen LogP contribution in [0.2, 0.25) is 0 Å². The van der Waals surface area contributed by atoms with Crippen LogP contribution in [0, 0.1) is 5.41 Å². The van der Waals surface area contributed by atoms with Gasteiger partial charge in [-0.15, -0.1) is 0 Å². The third kappa shape index (κ3) is 9.74. The lowest BCUT2D eigenvalue weighted by molar-refractivity contribution is 0.541. The lowest BCUT2D eigenvalue weighted by Gasteiger charge is -2.10. The topological polar surface area (TPSA) is 0 Å². The molecule has 0 aliphatic heterocycles. The second-order valence-corrected chi connectivity index (χ2v) is 4.26. The lowest BCUT2D eigenvalue weighted by atomic mass is 9.96. The molecular weight excluding hydrogens is 132 g/mol. The van der Waals surface area contributed by atoms with Crippen LogP contribution < -0.4 is 0 Å². The molecule has 0 rings (SSSR count). The number of unbranched alkanes of at least 4 members (excludes halogenated alkanes) is 3. The molecule has 0 saturated carbocycles. The summed E-state index contributed by atoms with van der Waals surface area (Å²) in [4.78, 5) is 0. The van der Waals surface area contributed by atoms with Gasteiger partial charge in [-0.3, -0.25) is 0 Å². The van der Waals surface area contributed by atoms with Gasteiger partial charge >= 0.3 is 0 Å². The zero-order valence-electron chi connectivity index (χ0n) is 8.48. The van der Waals surface area contributed by atoms with Crippen molar-refractivity contribution in [3.8, 4) is 0 Å². The van der Waals surface area contributed by atoms with E-state index in [9.17, 15) is 0 Å². The highest BCUT2D eigenvalue weighted by atomic mass is 14.1. The largest absolute Gasteiger partial charge is 0.0880 e. The molecule has 0 bridgehead atoms. The Balaban J connectivity index is 3.30. The SMILES string of the molecule is CCCCCC=CC(C)(C)C. The van der Waals surface area contributed by atoms with Gasteiger partial charge in [-0.1, -0.05) is 52.7 Å². The quantitative estimate of drug-likeness (QED) is 0.421. The minimum atomic E-state index is 0.367. The number of hydrogen-bond acceptors (Lipinski definition) is 0. The van der Waals surface area contributed by atoms with Crippen molar-refractivity contribution in [3.05, 3.63) is 12.2 Å². The average Bonchev–Trinajstić information content (AvgIpc) is 1.85. The maximum absolute atomic E-state index is 2.32. The van der Waals surface area contributed by atoms with Gasteiger partial charge in [0.05, 0.1) is 0 Å². The van der Waals surface area contributed by atoms with Gasteiger partial charge < -0.3 is 0 Å². The molecule has 0 radical (unpaired) electrons. The van der Waals surface area contributed by atoms with E-state index in [0.717, 1.165) is 0 Å². The molecule has 0 heteroatoms. The van der Waals surface area contributed by atoms with Crippen molar-refractivity contribution in [1.29, 1.82) is 0 Å². The van der Waals surface area contributed by atoms with E-state index >= 15 is 0 Å². The van der Waals surface area contributed by atoms with Gasteiger partial charge in [0, 0.05) is 0 Å². The highest BCUT2D eigenvalue weighted by Crippen LogP contribution is 2.15. The van der Waals surface area contributed by atoms with Gasteiger partial charge in [-0.05, 0) is 18.3 Å². The van der Waals surface area contributed by atoms with Crippen LogP contribution in [0.1, 0.15) is 53.4 Å². The van der Waals surface area contributed by atoms with Crippen molar-refractivity contribution in [3.63, 3.8) is 0 Å². The van der Waals surface area contributed by atoms with E-state index in [1.165, 1.54) is 25.7 Å². The first-order valence-electron chi connectivity index (χ1n) is 4.74. The molecule has 66 valence electrons. The summed E-state index contributed by atoms with van der Waals surface area (Å²) in [6.45, 7) is 8.96. The summed E-state index contributed by atoms with van der Waals surface area (Å²) in [6, 6.07) is 0. The van der Waals surface area contributed by atoms with Crippen LogP contribution in [0.15, 0.2) is 12.2 Å². The van der Waals surface area contributed by atoms with Gasteiger partial charge in [0.2, 0.25) is 0 Å². The normalized spacial score (nSPS) is 12.7. The molecule has 0 spiro atoms. The Hall–Kier alpha value is -0.260. The van der Waals surface area contributed by atoms with E-state index in [1.54, 1.807) is 0 Å². The minimum Gasteiger partial charge on any atom is -0.0880 e. The van der Waals surface area contributed by atoms with E-state index in [-0.39, 0.29) is 0 Å². The number of rotatable bonds is 4. The molecule has 0 fully saturated rings. The third-order valence-corrected chi connectivity index (χ3v) is 1.59. The van der Waals surface area contributed by atoms with Crippen LogP contribution >= 0.6 is 0 Å². The zero-order valence-corrected chi connectivity index (χ0v) is 8.48. The standard InChI is InChI=1S/C11H22/c1-5-6-7-8-9-10-11(2,3)4/h9-10H,5-8H2,1-4H3. The highest BCUT2D eigenvalue weighted by Gasteiger charge is 2.02. The van der Waals surface area contributed by atoms with Crippen molar-refractivity contribution in [1.82, 2.24) is 0 Å². The molecule has 0 aromatic carbocycles. The average molecular weight is 154 g/mol. The Morgan fingerprint density at radius 1 is 1.09 bits per heavy atom. The molecule has 0 N–H and O–H groups in total. The monoisotopic (exact) mass is 154 g/mol. The molecule has 0 saturated heterocycles. The minimum absolute atomic E-state index is 0.367. The van der Waals surface area contributed by atoms with E-state index in [2.05, 4.69) is 39.8 Å². The van der Waals surface area contributed by atoms with Gasteiger partial charge in [0.15, 0.2) is 0 Å². The molecule has 0 aliphatic carbocycles. The second-order valence-electron chi connectivity index (χ2n) is 4.26. The fraction of sp³-hybridized carbons (Fsp3) is 0.818. The predicted molar refractivity (Wildman–Crippen MR) is 52.7 cm³/mol. The number of allylic oxidation sites excluding steroid dienone is 2. The van der Waals surface area contributed by atoms with Crippen LogP contribution in [0.4, 0.5) is 0 Å². The lowest BCUT2D eigenvalue weighted by Crippen LogP contribution is -1.97. The predicted octanol–water partition coefficient (Wildman–Crippen LogP) is 4.17. The molecule has 0 nitrogen and oxygen atoms in total. The summed E-state index contributed by atoms with van der Waals surface area (Å²) in [5.41, 5.74) is 0.367. The summed E-state index contributed by atoms with van der Waals surface area (Å²) < 4.78 is 0. The second kappa shape index (κ2) is 5.40. The van der Waals surface area contributed by atoms with Crippen molar-refractivity contribution >= 4 is 0 Å². The molecule has 0 aromatic rings. The molecule has 11 heavy (non-hydrogen) atoms. The van der Waals surface area contributed by atoms with Gasteiger partial charge in [-0.25, -0.2) is 0 Å². The Kier molecular flexibility index (Phi) is 5.27. The number of hydrogen-bond donors (Lipinski definition) is 0. The smallest absolute Gasteiger partial charge is 0.0203 e. The van der Waals surface area contributed by atoms with E-state index in [0.29, 0.717) is 5.41 Å². The fourth-order valence-electron chi connectivity index (χ4n) is 0.949. The van der Waals surface area contributed by atoms with E-state index < -0.39 is 0 Å². The molecular formula is C11H22. The molecule has 0 aliphatic rings. The van der Waals surface area contributed by atoms with Gasteiger partial charge in [0.1, 0.15) is 0 Å². The maximum Gasteiger partial charge on any atom is -0.0203 e. The first-order chi connectivity index (χ1) is 5.06.